The first-order valence-electron chi connectivity index (χ1n) is 15.1. The molecule has 8 heteroatoms. The van der Waals surface area contributed by atoms with Crippen LogP contribution in [-0.4, -0.2) is 50.6 Å². The Bertz CT molecular complexity index is 1310. The molecule has 1 fully saturated rings. The summed E-state index contributed by atoms with van der Waals surface area (Å²) in [5, 5.41) is 0. The maximum atomic E-state index is 13.4. The fourth-order valence-corrected chi connectivity index (χ4v) is 12.8. The van der Waals surface area contributed by atoms with E-state index < -0.39 is 44.0 Å². The lowest BCUT2D eigenvalue weighted by molar-refractivity contribution is -0.0379. The monoisotopic (exact) mass is 620 g/mol. The maximum absolute atomic E-state index is 13.4. The number of thioether (sulfide) groups is 1. The van der Waals surface area contributed by atoms with E-state index in [1.807, 2.05) is 43.3 Å². The van der Waals surface area contributed by atoms with Gasteiger partial charge in [-0.3, -0.25) is 0 Å². The zero-order chi connectivity index (χ0) is 31.1. The summed E-state index contributed by atoms with van der Waals surface area (Å²) in [5.74, 6) is -0.998. The van der Waals surface area contributed by atoms with E-state index in [1.165, 1.54) is 11.8 Å². The van der Waals surface area contributed by atoms with Crippen LogP contribution in [0.3, 0.4) is 0 Å². The Morgan fingerprint density at radius 3 is 1.65 bits per heavy atom. The molecule has 0 bridgehead atoms. The van der Waals surface area contributed by atoms with E-state index in [2.05, 4.69) is 41.5 Å². The highest BCUT2D eigenvalue weighted by molar-refractivity contribution is 7.99. The zero-order valence-corrected chi connectivity index (χ0v) is 28.0. The quantitative estimate of drug-likeness (QED) is 0.149. The number of carbonyl (C=O) groups is 2. The summed E-state index contributed by atoms with van der Waals surface area (Å²) in [6.07, 6.45) is -2.37. The summed E-state index contributed by atoms with van der Waals surface area (Å²) in [6, 6.07) is 25.8. The van der Waals surface area contributed by atoms with E-state index in [-0.39, 0.29) is 6.61 Å². The molecule has 0 N–H and O–H groups in total. The first-order chi connectivity index (χ1) is 20.5. The first kappa shape index (κ1) is 33.0. The summed E-state index contributed by atoms with van der Waals surface area (Å²) >= 11 is 1.45. The largest absolute Gasteiger partial charge is 0.452 e. The van der Waals surface area contributed by atoms with E-state index in [0.717, 1.165) is 10.5 Å². The normalized spacial score (nSPS) is 20.5. The number of hydrogen-bond donors (Lipinski definition) is 0. The third-order valence-electron chi connectivity index (χ3n) is 8.25. The molecule has 0 saturated carbocycles. The topological polar surface area (TPSA) is 71.1 Å². The second kappa shape index (κ2) is 14.7. The van der Waals surface area contributed by atoms with Gasteiger partial charge in [0, 0.05) is 4.90 Å². The van der Waals surface area contributed by atoms with E-state index in [9.17, 15) is 9.59 Å². The molecule has 1 aliphatic heterocycles. The van der Waals surface area contributed by atoms with E-state index >= 15 is 0 Å². The van der Waals surface area contributed by atoms with Crippen LogP contribution in [0, 0.1) is 6.92 Å². The Morgan fingerprint density at radius 2 is 1.19 bits per heavy atom. The zero-order valence-electron chi connectivity index (χ0n) is 26.2. The summed E-state index contributed by atoms with van der Waals surface area (Å²) < 4.78 is 25.9. The molecular weight excluding hydrogens is 577 g/mol. The highest BCUT2D eigenvalue weighted by Gasteiger charge is 2.52. The van der Waals surface area contributed by atoms with Crippen LogP contribution in [0.5, 0.6) is 0 Å². The smallest absolute Gasteiger partial charge is 0.338 e. The molecule has 0 aromatic heterocycles. The minimum atomic E-state index is -2.27. The third kappa shape index (κ3) is 7.79. The van der Waals surface area contributed by atoms with Crippen molar-refractivity contribution in [3.8, 4) is 0 Å². The van der Waals surface area contributed by atoms with Gasteiger partial charge in [-0.25, -0.2) is 9.59 Å². The lowest BCUT2D eigenvalue weighted by atomic mass is 10.1. The van der Waals surface area contributed by atoms with Gasteiger partial charge < -0.3 is 18.6 Å². The van der Waals surface area contributed by atoms with Gasteiger partial charge in [0.15, 0.2) is 20.5 Å². The molecule has 1 heterocycles. The lowest BCUT2D eigenvalue weighted by Crippen LogP contribution is -2.50. The summed E-state index contributed by atoms with van der Waals surface area (Å²) in [5.41, 5.74) is 2.45. The molecular formula is C35H44O6SSi. The van der Waals surface area contributed by atoms with E-state index in [4.69, 9.17) is 18.6 Å². The molecule has 0 unspecified atom stereocenters. The Balaban J connectivity index is 1.70. The van der Waals surface area contributed by atoms with Crippen molar-refractivity contribution in [2.45, 2.75) is 93.7 Å². The average Bonchev–Trinajstić information content (AvgIpc) is 3.29. The molecule has 3 aromatic carbocycles. The highest BCUT2D eigenvalue weighted by Crippen LogP contribution is 2.44. The number of hydrogen-bond acceptors (Lipinski definition) is 7. The molecule has 0 radical (unpaired) electrons. The number of aryl methyl sites for hydroxylation is 1. The molecule has 1 saturated heterocycles. The number of carbonyl (C=O) groups excluding carboxylic acids is 2. The predicted octanol–water partition coefficient (Wildman–Crippen LogP) is 8.46. The fourth-order valence-electron chi connectivity index (χ4n) is 6.20. The minimum Gasteiger partial charge on any atom is -0.452 e. The van der Waals surface area contributed by atoms with Crippen molar-refractivity contribution in [2.24, 2.45) is 0 Å². The second-order valence-corrected chi connectivity index (χ2v) is 18.7. The molecule has 4 rings (SSSR count). The highest BCUT2D eigenvalue weighted by atomic mass is 32.2. The van der Waals surface area contributed by atoms with Crippen molar-refractivity contribution in [3.63, 3.8) is 0 Å². The third-order valence-corrected chi connectivity index (χ3v) is 15.5. The van der Waals surface area contributed by atoms with Crippen LogP contribution in [-0.2, 0) is 18.6 Å². The van der Waals surface area contributed by atoms with Gasteiger partial charge in [0.1, 0.15) is 11.5 Å². The molecule has 3 aromatic rings. The van der Waals surface area contributed by atoms with Crippen molar-refractivity contribution in [1.82, 2.24) is 0 Å². The fraction of sp³-hybridized carbons (Fsp3) is 0.429. The van der Waals surface area contributed by atoms with E-state index in [0.29, 0.717) is 27.8 Å². The van der Waals surface area contributed by atoms with Crippen LogP contribution in [0.1, 0.15) is 67.8 Å². The Labute approximate surface area is 261 Å². The first-order valence-corrected chi connectivity index (χ1v) is 18.1. The summed E-state index contributed by atoms with van der Waals surface area (Å²) in [6.45, 7) is 15.7. The molecule has 4 atom stereocenters. The lowest BCUT2D eigenvalue weighted by Gasteiger charge is -2.43. The SMILES string of the molecule is Cc1ccc(S[C@@H]2O[C@H](CO[Si](C(C)C)(C(C)C)C(C)C)[C@@H](OC(=O)c3ccccc3)[C@H]2OC(=O)c2ccccc2)cc1. The van der Waals surface area contributed by atoms with Crippen molar-refractivity contribution in [3.05, 3.63) is 102 Å². The van der Waals surface area contributed by atoms with Crippen LogP contribution < -0.4 is 0 Å². The van der Waals surface area contributed by atoms with Crippen molar-refractivity contribution < 1.29 is 28.2 Å². The molecule has 230 valence electrons. The molecule has 0 spiro atoms. The van der Waals surface area contributed by atoms with Gasteiger partial charge >= 0.3 is 11.9 Å². The van der Waals surface area contributed by atoms with Crippen molar-refractivity contribution in [1.29, 1.82) is 0 Å². The van der Waals surface area contributed by atoms with Gasteiger partial charge in [0.2, 0.25) is 0 Å². The van der Waals surface area contributed by atoms with Crippen LogP contribution >= 0.6 is 11.8 Å². The average molecular weight is 621 g/mol. The molecule has 1 aliphatic rings. The number of esters is 2. The molecule has 0 amide bonds. The van der Waals surface area contributed by atoms with Crippen LogP contribution in [0.25, 0.3) is 0 Å². The van der Waals surface area contributed by atoms with Gasteiger partial charge in [0.05, 0.1) is 17.7 Å². The van der Waals surface area contributed by atoms with Gasteiger partial charge in [-0.05, 0) is 59.9 Å². The number of rotatable bonds is 12. The standard InChI is InChI=1S/C35H44O6SSi/c1-23(2)43(24(3)4,25(5)6)38-22-30-31(40-33(36)27-14-10-8-11-15-27)32(41-34(37)28-16-12-9-13-17-28)35(39-30)42-29-20-18-26(7)19-21-29/h8-21,23-25,30-32,35H,22H2,1-7H3/t30-,31-,32-,35+/m1/s1. The van der Waals surface area contributed by atoms with Crippen molar-refractivity contribution >= 4 is 32.0 Å². The Morgan fingerprint density at radius 1 is 0.721 bits per heavy atom. The predicted molar refractivity (Wildman–Crippen MR) is 174 cm³/mol. The summed E-state index contributed by atoms with van der Waals surface area (Å²) in [4.78, 5) is 27.8. The van der Waals surface area contributed by atoms with Gasteiger partial charge in [-0.2, -0.15) is 0 Å². The van der Waals surface area contributed by atoms with Gasteiger partial charge in [-0.15, -0.1) is 0 Å². The molecule has 43 heavy (non-hydrogen) atoms. The van der Waals surface area contributed by atoms with Gasteiger partial charge in [0.25, 0.3) is 0 Å². The van der Waals surface area contributed by atoms with Crippen LogP contribution in [0.4, 0.5) is 0 Å². The Hall–Kier alpha value is -2.91. The van der Waals surface area contributed by atoms with E-state index in [1.54, 1.807) is 48.5 Å². The van der Waals surface area contributed by atoms with Gasteiger partial charge in [-0.1, -0.05) is 107 Å². The van der Waals surface area contributed by atoms with Crippen molar-refractivity contribution in [2.75, 3.05) is 6.61 Å². The Kier molecular flexibility index (Phi) is 11.3. The number of ether oxygens (including phenoxy) is 3. The minimum absolute atomic E-state index is 0.234. The molecule has 6 nitrogen and oxygen atoms in total. The molecule has 0 aliphatic carbocycles. The van der Waals surface area contributed by atoms with Crippen LogP contribution in [0.15, 0.2) is 89.8 Å². The van der Waals surface area contributed by atoms with Crippen LogP contribution in [0.2, 0.25) is 16.6 Å². The number of benzene rings is 3. The second-order valence-electron chi connectivity index (χ2n) is 12.1. The maximum Gasteiger partial charge on any atom is 0.338 e. The summed E-state index contributed by atoms with van der Waals surface area (Å²) in [7, 11) is -2.27.